The number of hydrogen-bond donors (Lipinski definition) is 2. The molecule has 2 N–H and O–H groups in total. The Morgan fingerprint density at radius 3 is 2.78 bits per heavy atom. The molecular weight excluding hydrogens is 234 g/mol. The summed E-state index contributed by atoms with van der Waals surface area (Å²) in [7, 11) is 0. The van der Waals surface area contributed by atoms with Crippen LogP contribution in [0.5, 0.6) is 0 Å². The maximum Gasteiger partial charge on any atom is 0.315 e. The summed E-state index contributed by atoms with van der Waals surface area (Å²) >= 11 is 0. The highest BCUT2D eigenvalue weighted by molar-refractivity contribution is 5.89. The van der Waals surface area contributed by atoms with Crippen molar-refractivity contribution in [1.29, 1.82) is 0 Å². The maximum absolute atomic E-state index is 11.6. The van der Waals surface area contributed by atoms with Gasteiger partial charge in [0.25, 0.3) is 0 Å². The molecule has 0 bridgehead atoms. The van der Waals surface area contributed by atoms with Crippen LogP contribution < -0.4 is 5.32 Å². The van der Waals surface area contributed by atoms with Gasteiger partial charge in [-0.25, -0.2) is 0 Å². The first-order valence-electron chi connectivity index (χ1n) is 5.48. The average Bonchev–Trinajstić information content (AvgIpc) is 2.83. The lowest BCUT2D eigenvalue weighted by Crippen LogP contribution is -2.28. The molecular formula is C12H13N3O3. The Hall–Kier alpha value is -2.21. The van der Waals surface area contributed by atoms with Gasteiger partial charge in [0.2, 0.25) is 0 Å². The van der Waals surface area contributed by atoms with E-state index in [-0.39, 0.29) is 12.4 Å². The van der Waals surface area contributed by atoms with E-state index in [1.165, 1.54) is 0 Å². The first-order valence-corrected chi connectivity index (χ1v) is 5.48. The van der Waals surface area contributed by atoms with Crippen LogP contribution in [-0.4, -0.2) is 27.7 Å². The zero-order chi connectivity index (χ0) is 13.0. The van der Waals surface area contributed by atoms with Crippen LogP contribution in [0.3, 0.4) is 0 Å². The smallest absolute Gasteiger partial charge is 0.315 e. The molecule has 1 atom stereocenters. The van der Waals surface area contributed by atoms with E-state index in [0.717, 1.165) is 5.56 Å². The van der Waals surface area contributed by atoms with E-state index >= 15 is 0 Å². The minimum absolute atomic E-state index is 0.0876. The Labute approximate surface area is 104 Å². The van der Waals surface area contributed by atoms with Crippen LogP contribution in [0.15, 0.2) is 34.9 Å². The highest BCUT2D eigenvalue weighted by Crippen LogP contribution is 2.10. The summed E-state index contributed by atoms with van der Waals surface area (Å²) in [6, 6.07) is 9.07. The Morgan fingerprint density at radius 2 is 2.17 bits per heavy atom. The summed E-state index contributed by atoms with van der Waals surface area (Å²) < 4.78 is 4.71. The van der Waals surface area contributed by atoms with Crippen LogP contribution in [0.2, 0.25) is 0 Å². The molecule has 6 nitrogen and oxygen atoms in total. The van der Waals surface area contributed by atoms with E-state index in [1.54, 1.807) is 19.1 Å². The third kappa shape index (κ3) is 2.92. The van der Waals surface area contributed by atoms with E-state index in [2.05, 4.69) is 15.5 Å². The molecule has 1 heterocycles. The van der Waals surface area contributed by atoms with Crippen LogP contribution in [0.4, 0.5) is 0 Å². The number of nitrogens with one attached hydrogen (secondary N) is 1. The molecule has 0 aliphatic heterocycles. The second-order valence-electron chi connectivity index (χ2n) is 3.78. The van der Waals surface area contributed by atoms with Crippen molar-refractivity contribution in [2.24, 2.45) is 0 Å². The Morgan fingerprint density at radius 1 is 1.44 bits per heavy atom. The second-order valence-corrected chi connectivity index (χ2v) is 3.78. The fraction of sp³-hybridized carbons (Fsp3) is 0.250. The molecule has 2 rings (SSSR count). The molecule has 1 aromatic carbocycles. The van der Waals surface area contributed by atoms with Crippen molar-refractivity contribution >= 4 is 5.91 Å². The molecule has 0 spiro atoms. The standard InChI is InChI=1S/C12H13N3O3/c1-8-14-12(18-15-8)11(17)13-7-10(16)9-5-3-2-4-6-9/h2-6,10,16H,7H2,1H3,(H,13,17)/t10-/m1/s1. The van der Waals surface area contributed by atoms with Crippen molar-refractivity contribution in [2.45, 2.75) is 13.0 Å². The molecule has 1 amide bonds. The van der Waals surface area contributed by atoms with Gasteiger partial charge in [0.15, 0.2) is 5.82 Å². The number of amides is 1. The number of nitrogens with zero attached hydrogens (tertiary/aromatic N) is 2. The van der Waals surface area contributed by atoms with Crippen molar-refractivity contribution in [1.82, 2.24) is 15.5 Å². The van der Waals surface area contributed by atoms with Crippen molar-refractivity contribution in [3.05, 3.63) is 47.6 Å². The number of aliphatic hydroxyl groups is 1. The number of aliphatic hydroxyl groups excluding tert-OH is 1. The molecule has 0 unspecified atom stereocenters. The highest BCUT2D eigenvalue weighted by Gasteiger charge is 2.15. The summed E-state index contributed by atoms with van der Waals surface area (Å²) in [6.45, 7) is 1.71. The summed E-state index contributed by atoms with van der Waals surface area (Å²) in [6.07, 6.45) is -0.765. The van der Waals surface area contributed by atoms with E-state index in [1.807, 2.05) is 18.2 Å². The molecule has 2 aromatic rings. The predicted octanol–water partition coefficient (Wildman–Crippen LogP) is 0.841. The molecule has 0 saturated carbocycles. The van der Waals surface area contributed by atoms with Gasteiger partial charge in [-0.15, -0.1) is 0 Å². The number of hydrogen-bond acceptors (Lipinski definition) is 5. The van der Waals surface area contributed by atoms with Gasteiger partial charge in [0, 0.05) is 6.54 Å². The first kappa shape index (κ1) is 12.3. The SMILES string of the molecule is Cc1noc(C(=O)NC[C@@H](O)c2ccccc2)n1. The van der Waals surface area contributed by atoms with E-state index in [4.69, 9.17) is 4.52 Å². The van der Waals surface area contributed by atoms with E-state index in [9.17, 15) is 9.90 Å². The minimum Gasteiger partial charge on any atom is -0.387 e. The van der Waals surface area contributed by atoms with Crippen LogP contribution in [-0.2, 0) is 0 Å². The predicted molar refractivity (Wildman–Crippen MR) is 62.8 cm³/mol. The molecule has 0 saturated heterocycles. The van der Waals surface area contributed by atoms with Gasteiger partial charge in [-0.2, -0.15) is 4.98 Å². The van der Waals surface area contributed by atoms with Gasteiger partial charge in [0.1, 0.15) is 0 Å². The number of aryl methyl sites for hydroxylation is 1. The van der Waals surface area contributed by atoms with Gasteiger partial charge in [-0.1, -0.05) is 35.5 Å². The Balaban J connectivity index is 1.90. The molecule has 6 heteroatoms. The molecule has 0 aliphatic carbocycles. The van der Waals surface area contributed by atoms with Crippen molar-refractivity contribution in [2.75, 3.05) is 6.54 Å². The third-order valence-corrected chi connectivity index (χ3v) is 2.36. The van der Waals surface area contributed by atoms with Crippen LogP contribution in [0, 0.1) is 6.92 Å². The quantitative estimate of drug-likeness (QED) is 0.835. The van der Waals surface area contributed by atoms with Gasteiger partial charge in [-0.3, -0.25) is 4.79 Å². The monoisotopic (exact) mass is 247 g/mol. The first-order chi connectivity index (χ1) is 8.66. The zero-order valence-electron chi connectivity index (χ0n) is 9.83. The summed E-state index contributed by atoms with van der Waals surface area (Å²) in [5, 5.41) is 15.9. The fourth-order valence-electron chi connectivity index (χ4n) is 1.45. The van der Waals surface area contributed by atoms with Gasteiger partial charge in [0.05, 0.1) is 6.10 Å². The summed E-state index contributed by atoms with van der Waals surface area (Å²) in [5.41, 5.74) is 0.736. The molecule has 18 heavy (non-hydrogen) atoms. The summed E-state index contributed by atoms with van der Waals surface area (Å²) in [4.78, 5) is 15.4. The third-order valence-electron chi connectivity index (χ3n) is 2.36. The number of carbonyl (C=O) groups excluding carboxylic acids is 1. The van der Waals surface area contributed by atoms with Gasteiger partial charge < -0.3 is 14.9 Å². The van der Waals surface area contributed by atoms with Crippen molar-refractivity contribution < 1.29 is 14.4 Å². The largest absolute Gasteiger partial charge is 0.387 e. The fourth-order valence-corrected chi connectivity index (χ4v) is 1.45. The number of rotatable bonds is 4. The normalized spacial score (nSPS) is 12.1. The van der Waals surface area contributed by atoms with Gasteiger partial charge >= 0.3 is 11.8 Å². The van der Waals surface area contributed by atoms with Crippen LogP contribution in [0.1, 0.15) is 28.2 Å². The topological polar surface area (TPSA) is 88.2 Å². The number of carbonyl (C=O) groups is 1. The molecule has 0 radical (unpaired) electrons. The molecule has 0 fully saturated rings. The molecule has 94 valence electrons. The number of benzene rings is 1. The molecule has 1 aromatic heterocycles. The highest BCUT2D eigenvalue weighted by atomic mass is 16.5. The zero-order valence-corrected chi connectivity index (χ0v) is 9.83. The molecule has 0 aliphatic rings. The summed E-state index contributed by atoms with van der Waals surface area (Å²) in [5.74, 6) is -0.206. The average molecular weight is 247 g/mol. The number of aromatic nitrogens is 2. The maximum atomic E-state index is 11.6. The van der Waals surface area contributed by atoms with Crippen molar-refractivity contribution in [3.63, 3.8) is 0 Å². The van der Waals surface area contributed by atoms with Crippen LogP contribution in [0.25, 0.3) is 0 Å². The lowest BCUT2D eigenvalue weighted by atomic mass is 10.1. The minimum atomic E-state index is -0.765. The van der Waals surface area contributed by atoms with Crippen molar-refractivity contribution in [3.8, 4) is 0 Å². The van der Waals surface area contributed by atoms with E-state index in [0.29, 0.717) is 5.82 Å². The Kier molecular flexibility index (Phi) is 3.69. The van der Waals surface area contributed by atoms with Gasteiger partial charge in [-0.05, 0) is 12.5 Å². The lowest BCUT2D eigenvalue weighted by molar-refractivity contribution is 0.0873. The van der Waals surface area contributed by atoms with Crippen LogP contribution >= 0.6 is 0 Å². The lowest BCUT2D eigenvalue weighted by Gasteiger charge is -2.10. The second kappa shape index (κ2) is 5.42. The van der Waals surface area contributed by atoms with E-state index < -0.39 is 12.0 Å². The Bertz CT molecular complexity index is 524.